The van der Waals surface area contributed by atoms with E-state index in [4.69, 9.17) is 9.15 Å². The largest absolute Gasteiger partial charge is 0.438 e. The Bertz CT molecular complexity index is 545. The summed E-state index contributed by atoms with van der Waals surface area (Å²) in [6, 6.07) is 2.57. The summed E-state index contributed by atoms with van der Waals surface area (Å²) >= 11 is 0. The highest BCUT2D eigenvalue weighted by Gasteiger charge is 2.21. The summed E-state index contributed by atoms with van der Waals surface area (Å²) in [7, 11) is -2.39. The van der Waals surface area contributed by atoms with Gasteiger partial charge >= 0.3 is 0 Å². The lowest BCUT2D eigenvalue weighted by Crippen LogP contribution is -2.31. The number of hydrogen-bond acceptors (Lipinski definition) is 5. The minimum Gasteiger partial charge on any atom is -0.438 e. The smallest absolute Gasteiger partial charge is 0.287 e. The van der Waals surface area contributed by atoms with Gasteiger partial charge in [-0.05, 0) is 32.0 Å². The number of carbonyl (C=O) groups is 1. The number of sulfonamides is 1. The average Bonchev–Trinajstić information content (AvgIpc) is 3.07. The summed E-state index contributed by atoms with van der Waals surface area (Å²) in [5.41, 5.74) is 0. The molecule has 1 aromatic heterocycles. The van der Waals surface area contributed by atoms with Crippen molar-refractivity contribution in [1.29, 1.82) is 0 Å². The van der Waals surface area contributed by atoms with Crippen LogP contribution in [0.1, 0.15) is 23.4 Å². The first-order valence-electron chi connectivity index (χ1n) is 5.96. The second kappa shape index (κ2) is 5.72. The molecule has 1 aliphatic rings. The molecule has 0 aliphatic carbocycles. The van der Waals surface area contributed by atoms with E-state index in [1.54, 1.807) is 0 Å². The van der Waals surface area contributed by atoms with E-state index < -0.39 is 15.9 Å². The lowest BCUT2D eigenvalue weighted by Gasteiger charge is -2.09. The lowest BCUT2D eigenvalue weighted by molar-refractivity contribution is 0.0831. The van der Waals surface area contributed by atoms with E-state index in [1.165, 1.54) is 19.2 Å². The monoisotopic (exact) mass is 288 g/mol. The summed E-state index contributed by atoms with van der Waals surface area (Å²) in [6.07, 6.45) is 1.93. The third-order valence-corrected chi connectivity index (χ3v) is 4.14. The van der Waals surface area contributed by atoms with Crippen LogP contribution in [0, 0.1) is 0 Å². The number of hydrogen-bond donors (Lipinski definition) is 2. The molecule has 1 saturated heterocycles. The quantitative estimate of drug-likeness (QED) is 0.800. The average molecular weight is 288 g/mol. The van der Waals surface area contributed by atoms with Crippen molar-refractivity contribution in [3.63, 3.8) is 0 Å². The van der Waals surface area contributed by atoms with E-state index in [1.807, 2.05) is 0 Å². The number of furan rings is 1. The maximum Gasteiger partial charge on any atom is 0.287 e. The van der Waals surface area contributed by atoms with Gasteiger partial charge in [0.25, 0.3) is 15.9 Å². The summed E-state index contributed by atoms with van der Waals surface area (Å²) in [4.78, 5) is 11.8. The van der Waals surface area contributed by atoms with Crippen molar-refractivity contribution in [1.82, 2.24) is 10.0 Å². The van der Waals surface area contributed by atoms with Gasteiger partial charge in [0.15, 0.2) is 5.76 Å². The standard InChI is InChI=1S/C11H16N2O5S/c1-12-19(15,16)10-5-4-9(18-10)11(14)13-7-8-3-2-6-17-8/h4-5,8,12H,2-3,6-7H2,1H3,(H,13,14). The molecule has 1 amide bonds. The molecule has 1 unspecified atom stereocenters. The van der Waals surface area contributed by atoms with Crippen LogP contribution in [0.2, 0.25) is 0 Å². The Balaban J connectivity index is 1.96. The van der Waals surface area contributed by atoms with Gasteiger partial charge in [0, 0.05) is 13.2 Å². The van der Waals surface area contributed by atoms with Crippen molar-refractivity contribution in [2.24, 2.45) is 0 Å². The van der Waals surface area contributed by atoms with Crippen molar-refractivity contribution in [3.8, 4) is 0 Å². The van der Waals surface area contributed by atoms with E-state index in [0.717, 1.165) is 12.8 Å². The zero-order valence-electron chi connectivity index (χ0n) is 10.5. The molecule has 1 atom stereocenters. The van der Waals surface area contributed by atoms with Crippen LogP contribution >= 0.6 is 0 Å². The van der Waals surface area contributed by atoms with Gasteiger partial charge in [-0.3, -0.25) is 4.79 Å². The van der Waals surface area contributed by atoms with Crippen LogP contribution in [0.15, 0.2) is 21.6 Å². The minimum absolute atomic E-state index is 0.0272. The molecule has 1 aromatic rings. The molecular formula is C11H16N2O5S. The maximum atomic E-state index is 11.8. The molecule has 0 bridgehead atoms. The van der Waals surface area contributed by atoms with E-state index in [2.05, 4.69) is 10.0 Å². The molecule has 0 spiro atoms. The second-order valence-corrected chi connectivity index (χ2v) is 5.99. The molecule has 1 fully saturated rings. The summed E-state index contributed by atoms with van der Waals surface area (Å²) in [6.45, 7) is 1.11. The highest BCUT2D eigenvalue weighted by molar-refractivity contribution is 7.89. The third-order valence-electron chi connectivity index (χ3n) is 2.85. The predicted molar refractivity (Wildman–Crippen MR) is 66.3 cm³/mol. The van der Waals surface area contributed by atoms with Crippen molar-refractivity contribution in [3.05, 3.63) is 17.9 Å². The van der Waals surface area contributed by atoms with Crippen LogP contribution in [-0.4, -0.2) is 40.6 Å². The van der Waals surface area contributed by atoms with Gasteiger partial charge in [-0.2, -0.15) is 0 Å². The first-order valence-corrected chi connectivity index (χ1v) is 7.44. The predicted octanol–water partition coefficient (Wildman–Crippen LogP) is 0.0965. The number of nitrogens with one attached hydrogen (secondary N) is 2. The molecular weight excluding hydrogens is 272 g/mol. The highest BCUT2D eigenvalue weighted by Crippen LogP contribution is 2.14. The normalized spacial score (nSPS) is 19.5. The molecule has 0 aromatic carbocycles. The number of carbonyl (C=O) groups excluding carboxylic acids is 1. The maximum absolute atomic E-state index is 11.8. The number of ether oxygens (including phenoxy) is 1. The fourth-order valence-corrected chi connectivity index (χ4v) is 2.43. The Kier molecular flexibility index (Phi) is 4.23. The van der Waals surface area contributed by atoms with Crippen LogP contribution < -0.4 is 10.0 Å². The van der Waals surface area contributed by atoms with Crippen molar-refractivity contribution >= 4 is 15.9 Å². The number of rotatable bonds is 5. The molecule has 0 radical (unpaired) electrons. The van der Waals surface area contributed by atoms with Gasteiger partial charge in [0.05, 0.1) is 6.10 Å². The Morgan fingerprint density at radius 1 is 1.47 bits per heavy atom. The van der Waals surface area contributed by atoms with Gasteiger partial charge < -0.3 is 14.5 Å². The first-order chi connectivity index (χ1) is 9.03. The zero-order valence-corrected chi connectivity index (χ0v) is 11.3. The Morgan fingerprint density at radius 3 is 2.89 bits per heavy atom. The van der Waals surface area contributed by atoms with Gasteiger partial charge in [-0.25, -0.2) is 13.1 Å². The molecule has 8 heteroatoms. The zero-order chi connectivity index (χ0) is 13.9. The topological polar surface area (TPSA) is 97.6 Å². The summed E-state index contributed by atoms with van der Waals surface area (Å²) in [5, 5.41) is 2.37. The van der Waals surface area contributed by atoms with Crippen LogP contribution in [0.4, 0.5) is 0 Å². The Labute approximate surface area is 111 Å². The second-order valence-electron chi connectivity index (χ2n) is 4.17. The Morgan fingerprint density at radius 2 is 2.26 bits per heavy atom. The Hall–Kier alpha value is -1.38. The molecule has 0 saturated carbocycles. The van der Waals surface area contributed by atoms with E-state index in [-0.39, 0.29) is 17.0 Å². The highest BCUT2D eigenvalue weighted by atomic mass is 32.2. The van der Waals surface area contributed by atoms with E-state index in [9.17, 15) is 13.2 Å². The minimum atomic E-state index is -3.66. The van der Waals surface area contributed by atoms with Crippen molar-refractivity contribution < 1.29 is 22.4 Å². The summed E-state index contributed by atoms with van der Waals surface area (Å²) in [5.74, 6) is -0.486. The van der Waals surface area contributed by atoms with E-state index in [0.29, 0.717) is 13.2 Å². The van der Waals surface area contributed by atoms with E-state index >= 15 is 0 Å². The summed E-state index contributed by atoms with van der Waals surface area (Å²) < 4.78 is 35.4. The molecule has 2 N–H and O–H groups in total. The fourth-order valence-electron chi connectivity index (χ4n) is 1.79. The first kappa shape index (κ1) is 14.0. The van der Waals surface area contributed by atoms with Crippen molar-refractivity contribution in [2.75, 3.05) is 20.2 Å². The van der Waals surface area contributed by atoms with Crippen LogP contribution in [0.5, 0.6) is 0 Å². The molecule has 2 heterocycles. The molecule has 1 aliphatic heterocycles. The molecule has 7 nitrogen and oxygen atoms in total. The van der Waals surface area contributed by atoms with Gasteiger partial charge in [0.2, 0.25) is 5.09 Å². The lowest BCUT2D eigenvalue weighted by atomic mass is 10.2. The van der Waals surface area contributed by atoms with Gasteiger partial charge in [-0.1, -0.05) is 0 Å². The molecule has 2 rings (SSSR count). The molecule has 106 valence electrons. The van der Waals surface area contributed by atoms with Crippen molar-refractivity contribution in [2.45, 2.75) is 24.0 Å². The van der Waals surface area contributed by atoms with Gasteiger partial charge in [-0.15, -0.1) is 0 Å². The third kappa shape index (κ3) is 3.34. The number of amides is 1. The fraction of sp³-hybridized carbons (Fsp3) is 0.545. The molecule has 19 heavy (non-hydrogen) atoms. The van der Waals surface area contributed by atoms with Crippen LogP contribution in [-0.2, 0) is 14.8 Å². The SMILES string of the molecule is CNS(=O)(=O)c1ccc(C(=O)NCC2CCCO2)o1. The van der Waals surface area contributed by atoms with Crippen LogP contribution in [0.25, 0.3) is 0 Å². The van der Waals surface area contributed by atoms with Crippen LogP contribution in [0.3, 0.4) is 0 Å². The van der Waals surface area contributed by atoms with Gasteiger partial charge in [0.1, 0.15) is 0 Å².